The predicted octanol–water partition coefficient (Wildman–Crippen LogP) is 2.23. The summed E-state index contributed by atoms with van der Waals surface area (Å²) in [5.74, 6) is 2.41. The Labute approximate surface area is 121 Å². The normalized spacial score (nSPS) is 29.6. The molecule has 1 fully saturated rings. The highest BCUT2D eigenvalue weighted by Gasteiger charge is 2.28. The van der Waals surface area contributed by atoms with Gasteiger partial charge in [0.2, 0.25) is 6.79 Å². The molecule has 0 radical (unpaired) electrons. The Hall–Kier alpha value is -1.26. The average molecular weight is 276 g/mol. The van der Waals surface area contributed by atoms with Gasteiger partial charge in [-0.2, -0.15) is 0 Å². The largest absolute Gasteiger partial charge is 0.454 e. The van der Waals surface area contributed by atoms with Crippen molar-refractivity contribution >= 4 is 0 Å². The minimum absolute atomic E-state index is 0.343. The van der Waals surface area contributed by atoms with Gasteiger partial charge in [0.25, 0.3) is 0 Å². The van der Waals surface area contributed by atoms with Gasteiger partial charge in [-0.3, -0.25) is 0 Å². The number of likely N-dealkylation sites (tertiary alicyclic amines) is 1. The summed E-state index contributed by atoms with van der Waals surface area (Å²) < 4.78 is 10.8. The second kappa shape index (κ2) is 5.62. The molecule has 4 nitrogen and oxygen atoms in total. The van der Waals surface area contributed by atoms with Crippen LogP contribution in [0.1, 0.15) is 25.8 Å². The Morgan fingerprint density at radius 3 is 2.90 bits per heavy atom. The molecule has 0 aromatic heterocycles. The van der Waals surface area contributed by atoms with Crippen molar-refractivity contribution in [1.82, 2.24) is 10.2 Å². The van der Waals surface area contributed by atoms with Gasteiger partial charge in [0.05, 0.1) is 0 Å². The third kappa shape index (κ3) is 2.76. The van der Waals surface area contributed by atoms with Crippen molar-refractivity contribution in [2.45, 2.75) is 38.9 Å². The van der Waals surface area contributed by atoms with Crippen LogP contribution in [0.15, 0.2) is 18.2 Å². The van der Waals surface area contributed by atoms with Crippen LogP contribution >= 0.6 is 0 Å². The maximum Gasteiger partial charge on any atom is 0.231 e. The van der Waals surface area contributed by atoms with Crippen molar-refractivity contribution < 1.29 is 9.47 Å². The highest BCUT2D eigenvalue weighted by atomic mass is 16.7. The fourth-order valence-corrected chi connectivity index (χ4v) is 3.13. The van der Waals surface area contributed by atoms with E-state index in [4.69, 9.17) is 9.47 Å². The first-order valence-electron chi connectivity index (χ1n) is 7.45. The van der Waals surface area contributed by atoms with Crippen molar-refractivity contribution in [3.05, 3.63) is 23.8 Å². The Balaban J connectivity index is 1.59. The summed E-state index contributed by atoms with van der Waals surface area (Å²) >= 11 is 0. The molecule has 0 aliphatic carbocycles. The molecule has 1 saturated heterocycles. The number of benzene rings is 1. The van der Waals surface area contributed by atoms with Crippen molar-refractivity contribution in [1.29, 1.82) is 0 Å². The summed E-state index contributed by atoms with van der Waals surface area (Å²) in [4.78, 5) is 2.45. The summed E-state index contributed by atoms with van der Waals surface area (Å²) in [6, 6.07) is 7.44. The lowest BCUT2D eigenvalue weighted by molar-refractivity contribution is 0.121. The van der Waals surface area contributed by atoms with E-state index >= 15 is 0 Å². The highest BCUT2D eigenvalue weighted by molar-refractivity contribution is 5.44. The molecule has 2 aliphatic rings. The Morgan fingerprint density at radius 1 is 1.25 bits per heavy atom. The number of hydrogen-bond acceptors (Lipinski definition) is 4. The quantitative estimate of drug-likeness (QED) is 0.918. The lowest BCUT2D eigenvalue weighted by atomic mass is 9.89. The molecular weight excluding hydrogens is 252 g/mol. The third-order valence-electron chi connectivity index (χ3n) is 4.62. The zero-order valence-electron chi connectivity index (χ0n) is 12.6. The van der Waals surface area contributed by atoms with Crippen molar-refractivity contribution in [2.24, 2.45) is 5.92 Å². The van der Waals surface area contributed by atoms with E-state index in [1.807, 2.05) is 6.07 Å². The molecule has 0 spiro atoms. The highest BCUT2D eigenvalue weighted by Crippen LogP contribution is 2.32. The fourth-order valence-electron chi connectivity index (χ4n) is 3.13. The van der Waals surface area contributed by atoms with Gasteiger partial charge in [-0.25, -0.2) is 0 Å². The first-order valence-corrected chi connectivity index (χ1v) is 7.45. The zero-order valence-corrected chi connectivity index (χ0v) is 12.6. The first-order chi connectivity index (χ1) is 9.63. The molecule has 110 valence electrons. The molecule has 2 heterocycles. The average Bonchev–Trinajstić information content (AvgIpc) is 2.89. The molecule has 20 heavy (non-hydrogen) atoms. The Kier molecular flexibility index (Phi) is 3.85. The number of nitrogens with zero attached hydrogens (tertiary/aromatic N) is 1. The number of nitrogens with one attached hydrogen (secondary N) is 1. The predicted molar refractivity (Wildman–Crippen MR) is 79.1 cm³/mol. The smallest absolute Gasteiger partial charge is 0.231 e. The second-order valence-electron chi connectivity index (χ2n) is 6.18. The third-order valence-corrected chi connectivity index (χ3v) is 4.62. The molecule has 1 aromatic carbocycles. The number of ether oxygens (including phenoxy) is 2. The van der Waals surface area contributed by atoms with Crippen LogP contribution in [0.4, 0.5) is 0 Å². The number of piperidine rings is 1. The van der Waals surface area contributed by atoms with Crippen molar-refractivity contribution in [3.63, 3.8) is 0 Å². The fraction of sp³-hybridized carbons (Fsp3) is 0.625. The van der Waals surface area contributed by atoms with E-state index in [0.717, 1.165) is 18.0 Å². The molecule has 4 heteroatoms. The van der Waals surface area contributed by atoms with Gasteiger partial charge < -0.3 is 19.7 Å². The molecule has 2 aliphatic heterocycles. The minimum atomic E-state index is 0.343. The lowest BCUT2D eigenvalue weighted by Gasteiger charge is -2.40. The van der Waals surface area contributed by atoms with Crippen LogP contribution in [-0.2, 0) is 6.54 Å². The van der Waals surface area contributed by atoms with Crippen LogP contribution in [0.25, 0.3) is 0 Å². The number of hydrogen-bond donors (Lipinski definition) is 1. The summed E-state index contributed by atoms with van der Waals surface area (Å²) in [6.07, 6.45) is 1.21. The summed E-state index contributed by atoms with van der Waals surface area (Å²) in [5, 5.41) is 3.71. The maximum absolute atomic E-state index is 5.43. The molecular formula is C16H24N2O2. The first kappa shape index (κ1) is 13.7. The molecule has 0 amide bonds. The van der Waals surface area contributed by atoms with Crippen molar-refractivity contribution in [2.75, 3.05) is 20.4 Å². The van der Waals surface area contributed by atoms with E-state index in [1.54, 1.807) is 0 Å². The van der Waals surface area contributed by atoms with Crippen LogP contribution in [0, 0.1) is 5.92 Å². The van der Waals surface area contributed by atoms with Crippen LogP contribution in [0.5, 0.6) is 11.5 Å². The van der Waals surface area contributed by atoms with E-state index in [9.17, 15) is 0 Å². The molecule has 1 N–H and O–H groups in total. The van der Waals surface area contributed by atoms with Crippen LogP contribution in [0.2, 0.25) is 0 Å². The summed E-state index contributed by atoms with van der Waals surface area (Å²) in [7, 11) is 2.22. The van der Waals surface area contributed by atoms with E-state index in [1.165, 1.54) is 18.5 Å². The molecule has 0 bridgehead atoms. The van der Waals surface area contributed by atoms with Gasteiger partial charge in [-0.05, 0) is 44.0 Å². The second-order valence-corrected chi connectivity index (χ2v) is 6.18. The van der Waals surface area contributed by atoms with Gasteiger partial charge >= 0.3 is 0 Å². The maximum atomic E-state index is 5.43. The Bertz CT molecular complexity index is 478. The standard InChI is InChI=1S/C16H24N2O2/c1-11-9-18(3)12(2)6-14(11)17-8-13-4-5-15-16(7-13)20-10-19-15/h4-5,7,11-12,14,17H,6,8-10H2,1-3H3/t11-,12+,14+/m1/s1. The van der Waals surface area contributed by atoms with E-state index in [2.05, 4.69) is 43.2 Å². The van der Waals surface area contributed by atoms with Gasteiger partial charge in [0, 0.05) is 25.2 Å². The van der Waals surface area contributed by atoms with Gasteiger partial charge in [0.1, 0.15) is 0 Å². The monoisotopic (exact) mass is 276 g/mol. The lowest BCUT2D eigenvalue weighted by Crippen LogP contribution is -2.50. The SMILES string of the molecule is C[C@@H]1CN(C)[C@@H](C)C[C@@H]1NCc1ccc2c(c1)OCO2. The zero-order chi connectivity index (χ0) is 14.1. The van der Waals surface area contributed by atoms with Crippen LogP contribution in [-0.4, -0.2) is 37.4 Å². The van der Waals surface area contributed by atoms with Crippen molar-refractivity contribution in [3.8, 4) is 11.5 Å². The molecule has 0 unspecified atom stereocenters. The van der Waals surface area contributed by atoms with E-state index in [-0.39, 0.29) is 0 Å². The van der Waals surface area contributed by atoms with Gasteiger partial charge in [-0.1, -0.05) is 13.0 Å². The number of fused-ring (bicyclic) bond motifs is 1. The van der Waals surface area contributed by atoms with Gasteiger partial charge in [0.15, 0.2) is 11.5 Å². The van der Waals surface area contributed by atoms with E-state index in [0.29, 0.717) is 24.8 Å². The van der Waals surface area contributed by atoms with Crippen LogP contribution < -0.4 is 14.8 Å². The van der Waals surface area contributed by atoms with E-state index < -0.39 is 0 Å². The minimum Gasteiger partial charge on any atom is -0.454 e. The number of rotatable bonds is 3. The topological polar surface area (TPSA) is 33.7 Å². The van der Waals surface area contributed by atoms with Crippen LogP contribution in [0.3, 0.4) is 0 Å². The Morgan fingerprint density at radius 2 is 2.05 bits per heavy atom. The van der Waals surface area contributed by atoms with Gasteiger partial charge in [-0.15, -0.1) is 0 Å². The molecule has 3 rings (SSSR count). The summed E-state index contributed by atoms with van der Waals surface area (Å²) in [5.41, 5.74) is 1.26. The molecule has 3 atom stereocenters. The molecule has 1 aromatic rings. The molecule has 0 saturated carbocycles. The summed E-state index contributed by atoms with van der Waals surface area (Å²) in [6.45, 7) is 7.04.